The van der Waals surface area contributed by atoms with E-state index in [1.165, 1.54) is 70.6 Å². The summed E-state index contributed by atoms with van der Waals surface area (Å²) in [6.07, 6.45) is 22.5. The number of hydrogen-bond acceptors (Lipinski definition) is 4. The van der Waals surface area contributed by atoms with Gasteiger partial charge in [0.05, 0.1) is 6.61 Å². The largest absolute Gasteiger partial charge is 0.438 e. The Bertz CT molecular complexity index is 1010. The van der Waals surface area contributed by atoms with Crippen molar-refractivity contribution in [1.82, 2.24) is 4.90 Å². The van der Waals surface area contributed by atoms with Crippen LogP contribution in [0.15, 0.2) is 30.3 Å². The van der Waals surface area contributed by atoms with E-state index >= 15 is 0 Å². The van der Waals surface area contributed by atoms with Crippen molar-refractivity contribution < 1.29 is 14.2 Å². The van der Waals surface area contributed by atoms with Crippen LogP contribution in [0.2, 0.25) is 0 Å². The van der Waals surface area contributed by atoms with Crippen molar-refractivity contribution in [3.05, 3.63) is 35.9 Å². The van der Waals surface area contributed by atoms with Gasteiger partial charge in [0.1, 0.15) is 18.3 Å². The van der Waals surface area contributed by atoms with Gasteiger partial charge in [-0.3, -0.25) is 4.90 Å². The minimum atomic E-state index is -0.238. The van der Waals surface area contributed by atoms with Gasteiger partial charge in [-0.2, -0.15) is 0 Å². The summed E-state index contributed by atoms with van der Waals surface area (Å²) >= 11 is 0. The molecule has 0 saturated carbocycles. The highest BCUT2D eigenvalue weighted by Gasteiger charge is 2.39. The van der Waals surface area contributed by atoms with Crippen molar-refractivity contribution in [2.75, 3.05) is 26.2 Å². The number of rotatable bonds is 19. The molecule has 0 bridgehead atoms. The van der Waals surface area contributed by atoms with Crippen LogP contribution in [0.3, 0.4) is 0 Å². The van der Waals surface area contributed by atoms with Crippen LogP contribution in [0.4, 0.5) is 0 Å². The van der Waals surface area contributed by atoms with E-state index in [-0.39, 0.29) is 18.3 Å². The molecule has 1 aromatic rings. The van der Waals surface area contributed by atoms with E-state index in [2.05, 4.69) is 72.5 Å². The maximum absolute atomic E-state index is 6.52. The summed E-state index contributed by atoms with van der Waals surface area (Å²) < 4.78 is 19.1. The molecule has 216 valence electrons. The molecule has 4 heteroatoms. The van der Waals surface area contributed by atoms with Crippen LogP contribution in [-0.2, 0) is 20.8 Å². The Labute approximate surface area is 244 Å². The minimum Gasteiger partial charge on any atom is -0.438 e. The van der Waals surface area contributed by atoms with Crippen molar-refractivity contribution in [3.63, 3.8) is 0 Å². The predicted octanol–water partition coefficient (Wildman–Crippen LogP) is 6.98. The third-order valence-corrected chi connectivity index (χ3v) is 7.14. The number of unbranched alkanes of at least 4 members (excludes halogenated alkanes) is 10. The van der Waals surface area contributed by atoms with Gasteiger partial charge in [0.2, 0.25) is 0 Å². The van der Waals surface area contributed by atoms with Gasteiger partial charge < -0.3 is 14.2 Å². The minimum absolute atomic E-state index is 0.0763. The lowest BCUT2D eigenvalue weighted by molar-refractivity contribution is -0.162. The third-order valence-electron chi connectivity index (χ3n) is 7.14. The molecule has 0 spiro atoms. The van der Waals surface area contributed by atoms with Gasteiger partial charge in [-0.1, -0.05) is 108 Å². The molecule has 4 nitrogen and oxygen atoms in total. The molecule has 3 atom stereocenters. The molecule has 1 fully saturated rings. The molecule has 1 saturated heterocycles. The molecule has 0 N–H and O–H groups in total. The van der Waals surface area contributed by atoms with Crippen LogP contribution in [0.1, 0.15) is 96.5 Å². The standard InChI is InChI=1S/C36H49NO3/c1-4-7-10-13-16-22-27-37-30-34(38-28-23-17-14-11-8-5-2)36(40-32-33-25-20-19-21-26-33)35(31-37)39-29-24-18-15-12-9-6-3/h2,19-21,25-26,34-36H,4,6-7,9-10,12-13,15-16,18,22,24,27,29-32H2,1,3H3/t34-,35?,36-/m0/s1. The van der Waals surface area contributed by atoms with E-state index in [1.807, 2.05) is 18.2 Å². The van der Waals surface area contributed by atoms with Crippen LogP contribution in [0.25, 0.3) is 0 Å². The van der Waals surface area contributed by atoms with E-state index in [0.29, 0.717) is 6.61 Å². The first kappa shape index (κ1) is 33.3. The zero-order valence-corrected chi connectivity index (χ0v) is 24.9. The van der Waals surface area contributed by atoms with Crippen LogP contribution >= 0.6 is 0 Å². The number of terminal acetylenes is 1. The highest BCUT2D eigenvalue weighted by Crippen LogP contribution is 2.23. The lowest BCUT2D eigenvalue weighted by atomic mass is 10.00. The number of hydrogen-bond donors (Lipinski definition) is 0. The van der Waals surface area contributed by atoms with Crippen molar-refractivity contribution in [3.8, 4) is 48.1 Å². The van der Waals surface area contributed by atoms with Crippen LogP contribution < -0.4 is 0 Å². The second-order valence-electron chi connectivity index (χ2n) is 10.5. The number of nitrogens with zero attached hydrogens (tertiary/aromatic N) is 1. The molecule has 1 aromatic carbocycles. The maximum atomic E-state index is 6.52. The summed E-state index contributed by atoms with van der Waals surface area (Å²) in [7, 11) is 0. The zero-order chi connectivity index (χ0) is 28.5. The van der Waals surface area contributed by atoms with Crippen molar-refractivity contribution in [1.29, 1.82) is 0 Å². The Morgan fingerprint density at radius 1 is 0.725 bits per heavy atom. The van der Waals surface area contributed by atoms with E-state index in [0.717, 1.165) is 38.2 Å². The van der Waals surface area contributed by atoms with Crippen LogP contribution in [0, 0.1) is 48.1 Å². The Morgan fingerprint density at radius 3 is 2.08 bits per heavy atom. The zero-order valence-electron chi connectivity index (χ0n) is 24.9. The van der Waals surface area contributed by atoms with Crippen molar-refractivity contribution >= 4 is 0 Å². The van der Waals surface area contributed by atoms with Gasteiger partial charge in [0, 0.05) is 37.5 Å². The molecule has 0 amide bonds. The molecule has 1 aliphatic heterocycles. The number of likely N-dealkylation sites (tertiary alicyclic amines) is 1. The smallest absolute Gasteiger partial charge is 0.152 e. The quantitative estimate of drug-likeness (QED) is 0.139. The lowest BCUT2D eigenvalue weighted by Crippen LogP contribution is -2.58. The molecular formula is C36H49NO3. The fourth-order valence-electron chi connectivity index (χ4n) is 4.94. The van der Waals surface area contributed by atoms with Crippen LogP contribution in [-0.4, -0.2) is 49.5 Å². The van der Waals surface area contributed by atoms with E-state index < -0.39 is 0 Å². The SMILES string of the molecule is C#CC#CC#CC#CO[C@H]1CN(CCCCCCCC)CC(OCCCCCCCC)[C@H]1OCc1ccccc1. The fraction of sp³-hybridized carbons (Fsp3) is 0.611. The highest BCUT2D eigenvalue weighted by atomic mass is 16.6. The summed E-state index contributed by atoms with van der Waals surface area (Å²) in [5.74, 6) is 15.3. The monoisotopic (exact) mass is 543 g/mol. The average Bonchev–Trinajstić information content (AvgIpc) is 2.98. The molecule has 1 unspecified atom stereocenters. The summed E-state index contributed by atoms with van der Waals surface area (Å²) in [5, 5.41) is 0. The lowest BCUT2D eigenvalue weighted by Gasteiger charge is -2.42. The van der Waals surface area contributed by atoms with Crippen molar-refractivity contribution in [2.24, 2.45) is 0 Å². The van der Waals surface area contributed by atoms with Gasteiger partial charge in [-0.15, -0.1) is 6.42 Å². The van der Waals surface area contributed by atoms with E-state index in [1.54, 1.807) is 0 Å². The van der Waals surface area contributed by atoms with Crippen LogP contribution in [0.5, 0.6) is 0 Å². The third kappa shape index (κ3) is 15.1. The Kier molecular flexibility index (Phi) is 19.1. The van der Waals surface area contributed by atoms with Gasteiger partial charge in [-0.05, 0) is 42.7 Å². The molecule has 1 heterocycles. The van der Waals surface area contributed by atoms with Crippen molar-refractivity contribution in [2.45, 2.75) is 116 Å². The summed E-state index contributed by atoms with van der Waals surface area (Å²) in [6.45, 7) is 8.39. The van der Waals surface area contributed by atoms with E-state index in [4.69, 9.17) is 20.6 Å². The van der Waals surface area contributed by atoms with Gasteiger partial charge >= 0.3 is 0 Å². The normalized spacial score (nSPS) is 18.3. The van der Waals surface area contributed by atoms with Gasteiger partial charge in [0.25, 0.3) is 0 Å². The second-order valence-corrected chi connectivity index (χ2v) is 10.5. The summed E-state index contributed by atoms with van der Waals surface area (Å²) in [5.41, 5.74) is 1.13. The van der Waals surface area contributed by atoms with E-state index in [9.17, 15) is 0 Å². The molecule has 0 radical (unpaired) electrons. The first-order chi connectivity index (χ1) is 19.8. The number of benzene rings is 1. The number of piperidine rings is 1. The molecular weight excluding hydrogens is 494 g/mol. The number of ether oxygens (including phenoxy) is 3. The molecule has 0 aliphatic carbocycles. The molecule has 2 rings (SSSR count). The Balaban J connectivity index is 2.07. The first-order valence-electron chi connectivity index (χ1n) is 15.4. The highest BCUT2D eigenvalue weighted by molar-refractivity contribution is 5.38. The molecule has 0 aromatic heterocycles. The maximum Gasteiger partial charge on any atom is 0.152 e. The topological polar surface area (TPSA) is 30.9 Å². The Morgan fingerprint density at radius 2 is 1.35 bits per heavy atom. The molecule has 40 heavy (non-hydrogen) atoms. The molecule has 1 aliphatic rings. The second kappa shape index (κ2) is 22.9. The Hall–Kier alpha value is -2.86. The van der Waals surface area contributed by atoms with Gasteiger partial charge in [0.15, 0.2) is 6.10 Å². The predicted molar refractivity (Wildman–Crippen MR) is 165 cm³/mol. The fourth-order valence-corrected chi connectivity index (χ4v) is 4.94. The first-order valence-corrected chi connectivity index (χ1v) is 15.4. The van der Waals surface area contributed by atoms with Gasteiger partial charge in [-0.25, -0.2) is 0 Å². The summed E-state index contributed by atoms with van der Waals surface area (Å²) in [6, 6.07) is 10.3. The average molecular weight is 544 g/mol. The summed E-state index contributed by atoms with van der Waals surface area (Å²) in [4.78, 5) is 2.46.